The zero-order chi connectivity index (χ0) is 20.9. The van der Waals surface area contributed by atoms with Crippen molar-refractivity contribution in [3.05, 3.63) is 12.7 Å². The van der Waals surface area contributed by atoms with E-state index in [1.807, 2.05) is 0 Å². The minimum absolute atomic E-state index is 0.0802. The van der Waals surface area contributed by atoms with Crippen LogP contribution in [0, 0.1) is 0 Å². The van der Waals surface area contributed by atoms with Gasteiger partial charge in [0, 0.05) is 6.42 Å². The standard InChI is InChI=1S/C10H16N5O10P3/c11-9-8-10(13-3-12-9)15(4-14-8)7-1-5(16)6(25-7)2-24-27(20,21)28(22,23)26(17,18)19/h3-7,16H,1-2H2,(H,20,21)(H,22,23)(H2,11,12,13)(H2,17,18,19)/p-4/t5-,6+,7+/m0/s1. The fourth-order valence-corrected chi connectivity index (χ4v) is 7.56. The molecule has 3 heterocycles. The number of nitrogens with two attached hydrogens (primary N) is 1. The van der Waals surface area contributed by atoms with E-state index in [1.54, 1.807) is 0 Å². The number of hydrogen-bond acceptors (Lipinski definition) is 14. The molecule has 0 amide bonds. The number of aliphatic hydroxyl groups excluding tert-OH is 1. The second-order valence-electron chi connectivity index (χ2n) is 5.74. The predicted octanol–water partition coefficient (Wildman–Crippen LogP) is -2.99. The van der Waals surface area contributed by atoms with E-state index >= 15 is 0 Å². The van der Waals surface area contributed by atoms with Gasteiger partial charge >= 0.3 is 0 Å². The van der Waals surface area contributed by atoms with Gasteiger partial charge in [-0.3, -0.25) is 4.57 Å². The van der Waals surface area contributed by atoms with Crippen molar-refractivity contribution in [1.82, 2.24) is 19.5 Å². The van der Waals surface area contributed by atoms with E-state index < -0.39 is 46.4 Å². The molecule has 0 saturated carbocycles. The third-order valence-electron chi connectivity index (χ3n) is 3.92. The third kappa shape index (κ3) is 3.66. The van der Waals surface area contributed by atoms with Crippen LogP contribution in [0.4, 0.5) is 5.82 Å². The molecule has 2 aromatic heterocycles. The van der Waals surface area contributed by atoms with Gasteiger partial charge in [0.2, 0.25) is 0 Å². The van der Waals surface area contributed by atoms with Crippen molar-refractivity contribution in [2.24, 2.45) is 0 Å². The zero-order valence-electron chi connectivity index (χ0n) is 13.6. The molecule has 0 bridgehead atoms. The Balaban J connectivity index is 1.74. The van der Waals surface area contributed by atoms with E-state index in [0.29, 0.717) is 0 Å². The second-order valence-corrected chi connectivity index (χ2v) is 15.9. The highest BCUT2D eigenvalue weighted by molar-refractivity contribution is 8.58. The minimum atomic E-state index is -6.49. The molecule has 0 spiro atoms. The maximum absolute atomic E-state index is 11.6. The first-order chi connectivity index (χ1) is 12.8. The molecular formula is C10H12N5O10P3-4. The average Bonchev–Trinajstić information content (AvgIpc) is 3.16. The molecule has 28 heavy (non-hydrogen) atoms. The highest BCUT2D eigenvalue weighted by Crippen LogP contribution is 2.87. The zero-order valence-corrected chi connectivity index (χ0v) is 16.3. The van der Waals surface area contributed by atoms with E-state index in [9.17, 15) is 38.4 Å². The maximum atomic E-state index is 11.6. The van der Waals surface area contributed by atoms with Crippen LogP contribution in [0.1, 0.15) is 12.6 Å². The predicted molar refractivity (Wildman–Crippen MR) is 83.0 cm³/mol. The lowest BCUT2D eigenvalue weighted by molar-refractivity contribution is -0.311. The van der Waals surface area contributed by atoms with Crippen molar-refractivity contribution in [3.63, 3.8) is 0 Å². The van der Waals surface area contributed by atoms with Gasteiger partial charge in [-0.1, -0.05) is 0 Å². The summed E-state index contributed by atoms with van der Waals surface area (Å²) in [5.74, 6) is 0.0975. The largest absolute Gasteiger partial charge is 0.806 e. The van der Waals surface area contributed by atoms with E-state index in [1.165, 1.54) is 17.2 Å². The van der Waals surface area contributed by atoms with Crippen molar-refractivity contribution >= 4 is 38.3 Å². The molecule has 3 N–H and O–H groups in total. The van der Waals surface area contributed by atoms with Gasteiger partial charge in [-0.15, -0.1) is 0 Å². The quantitative estimate of drug-likeness (QED) is 0.412. The maximum Gasteiger partial charge on any atom is 0.184 e. The Bertz CT molecular complexity index is 1040. The Hall–Kier alpha value is -1.24. The topological polar surface area (TPSA) is 252 Å². The Morgan fingerprint density at radius 3 is 2.57 bits per heavy atom. The number of aliphatic hydroxyl groups is 1. The van der Waals surface area contributed by atoms with Crippen LogP contribution in [0.5, 0.6) is 0 Å². The van der Waals surface area contributed by atoms with E-state index in [-0.39, 0.29) is 23.4 Å². The summed E-state index contributed by atoms with van der Waals surface area (Å²) >= 11 is 0. The molecule has 3 rings (SSSR count). The van der Waals surface area contributed by atoms with Crippen molar-refractivity contribution in [1.29, 1.82) is 0 Å². The van der Waals surface area contributed by atoms with Crippen LogP contribution in [0.15, 0.2) is 12.7 Å². The molecule has 18 heteroatoms. The summed E-state index contributed by atoms with van der Waals surface area (Å²) in [4.78, 5) is 55.9. The van der Waals surface area contributed by atoms with Crippen LogP contribution < -0.4 is 25.3 Å². The summed E-state index contributed by atoms with van der Waals surface area (Å²) in [5, 5.41) is 10.0. The van der Waals surface area contributed by atoms with Gasteiger partial charge < -0.3 is 53.4 Å². The van der Waals surface area contributed by atoms with Crippen LogP contribution in [0.2, 0.25) is 0 Å². The summed E-state index contributed by atoms with van der Waals surface area (Å²) in [6.45, 7) is -7.50. The highest BCUT2D eigenvalue weighted by atomic mass is 32.5. The van der Waals surface area contributed by atoms with Gasteiger partial charge in [0.15, 0.2) is 18.7 Å². The lowest BCUT2D eigenvalue weighted by Crippen LogP contribution is -2.29. The lowest BCUT2D eigenvalue weighted by Gasteiger charge is -2.48. The molecule has 1 aliphatic heterocycles. The molecule has 1 aliphatic rings. The molecule has 5 atom stereocenters. The van der Waals surface area contributed by atoms with Crippen LogP contribution in [0.3, 0.4) is 0 Å². The van der Waals surface area contributed by atoms with Gasteiger partial charge in [0.1, 0.15) is 30.9 Å². The smallest absolute Gasteiger partial charge is 0.184 e. The third-order valence-corrected chi connectivity index (χ3v) is 13.6. The molecule has 0 aliphatic carbocycles. The first kappa shape index (κ1) is 21.5. The molecule has 156 valence electrons. The van der Waals surface area contributed by atoms with Gasteiger partial charge in [-0.2, -0.15) is 0 Å². The summed E-state index contributed by atoms with van der Waals surface area (Å²) in [6.07, 6.45) is -1.15. The SMILES string of the molecule is Nc1ncnc2c1ncn2[C@H]1C[C@H](O)[C@@H](COP(=O)([O-])P(=O)([O-])P(=O)([O-])[O-])O1. The van der Waals surface area contributed by atoms with Crippen molar-refractivity contribution in [3.8, 4) is 0 Å². The highest BCUT2D eigenvalue weighted by Gasteiger charge is 2.38. The number of hydrogen-bond donors (Lipinski definition) is 2. The Labute approximate surface area is 156 Å². The number of fused-ring (bicyclic) bond motifs is 1. The van der Waals surface area contributed by atoms with E-state index in [4.69, 9.17) is 10.5 Å². The minimum Gasteiger partial charge on any atom is -0.806 e. The number of rotatable bonds is 6. The first-order valence-electron chi connectivity index (χ1n) is 7.41. The summed E-state index contributed by atoms with van der Waals surface area (Å²) in [6, 6.07) is 0. The number of nitrogen functional groups attached to an aromatic ring is 1. The van der Waals surface area contributed by atoms with Crippen LogP contribution in [-0.2, 0) is 23.0 Å². The van der Waals surface area contributed by atoms with Gasteiger partial charge in [-0.05, 0) is 7.28 Å². The Morgan fingerprint density at radius 1 is 1.25 bits per heavy atom. The molecule has 0 radical (unpaired) electrons. The fraction of sp³-hybridized carbons (Fsp3) is 0.500. The molecule has 2 aromatic rings. The number of nitrogens with zero attached hydrogens (tertiary/aromatic N) is 4. The summed E-state index contributed by atoms with van der Waals surface area (Å²) in [5.41, 5.74) is 6.19. The molecule has 1 saturated heterocycles. The number of imidazole rings is 1. The van der Waals surface area contributed by atoms with Gasteiger partial charge in [-0.25, -0.2) is 15.0 Å². The number of aromatic nitrogens is 4. The van der Waals surface area contributed by atoms with Gasteiger partial charge in [0.05, 0.1) is 19.0 Å². The summed E-state index contributed by atoms with van der Waals surface area (Å²) in [7, 11) is -12.6. The van der Waals surface area contributed by atoms with Crippen molar-refractivity contribution in [2.45, 2.75) is 24.9 Å². The normalized spacial score (nSPS) is 27.5. The fourth-order valence-electron chi connectivity index (χ4n) is 2.49. The Morgan fingerprint density at radius 2 is 1.93 bits per heavy atom. The average molecular weight is 455 g/mol. The number of ether oxygens (including phenoxy) is 1. The molecular weight excluding hydrogens is 443 g/mol. The van der Waals surface area contributed by atoms with E-state index in [0.717, 1.165) is 0 Å². The Kier molecular flexibility index (Phi) is 5.54. The second kappa shape index (κ2) is 7.22. The number of anilines is 1. The van der Waals surface area contributed by atoms with Crippen molar-refractivity contribution < 1.29 is 47.6 Å². The van der Waals surface area contributed by atoms with Crippen LogP contribution in [0.25, 0.3) is 11.2 Å². The lowest BCUT2D eigenvalue weighted by atomic mass is 10.2. The molecule has 1 fully saturated rings. The van der Waals surface area contributed by atoms with Crippen molar-refractivity contribution in [2.75, 3.05) is 12.3 Å². The summed E-state index contributed by atoms with van der Waals surface area (Å²) < 4.78 is 44.5. The first-order valence-corrected chi connectivity index (χ1v) is 13.5. The van der Waals surface area contributed by atoms with Crippen LogP contribution >= 0.6 is 21.3 Å². The molecule has 0 aromatic carbocycles. The van der Waals surface area contributed by atoms with Crippen LogP contribution in [-0.4, -0.2) is 43.4 Å². The van der Waals surface area contributed by atoms with E-state index in [2.05, 4.69) is 19.5 Å². The monoisotopic (exact) mass is 455 g/mol. The molecule has 2 unspecified atom stereocenters. The van der Waals surface area contributed by atoms with Gasteiger partial charge in [0.25, 0.3) is 0 Å². The molecule has 15 nitrogen and oxygen atoms in total.